The smallest absolute Gasteiger partial charge is 0.238 e. The molecule has 147 heavy (non-hydrogen) atoms. The van der Waals surface area contributed by atoms with E-state index >= 15 is 0 Å². The zero-order chi connectivity index (χ0) is 108. The molecule has 0 spiro atoms. The number of nitrogens with two attached hydrogens (primary N) is 4. The molecule has 20 atom stereocenters. The monoisotopic (exact) mass is 2080 g/mol. The Balaban J connectivity index is 0.000000218. The first kappa shape index (κ1) is 120. The molecule has 0 aliphatic carbocycles. The minimum atomic E-state index is -1.55. The lowest BCUT2D eigenvalue weighted by atomic mass is 9.96. The molecule has 12 rings (SSSR count). The number of aliphatic hydroxyl groups excluding tert-OH is 19. The zero-order valence-electron chi connectivity index (χ0n) is 85.8. The summed E-state index contributed by atoms with van der Waals surface area (Å²) in [6, 6.07) is 22.9. The van der Waals surface area contributed by atoms with Crippen molar-refractivity contribution in [3.05, 3.63) is 162 Å². The minimum absolute atomic E-state index is 0.0166. The zero-order valence-corrected chi connectivity index (χ0v) is 85.8. The molecular weight excluding hydrogens is 1920 g/mol. The van der Waals surface area contributed by atoms with Crippen LogP contribution in [0.5, 0.6) is 46.5 Å². The van der Waals surface area contributed by atoms with E-state index in [0.29, 0.717) is 90.3 Å². The van der Waals surface area contributed by atoms with Crippen molar-refractivity contribution in [1.82, 2.24) is 51.4 Å². The van der Waals surface area contributed by atoms with Crippen molar-refractivity contribution >= 4 is 11.9 Å². The maximum Gasteiger partial charge on any atom is 0.238 e. The van der Waals surface area contributed by atoms with Crippen LogP contribution < -0.4 is 71.5 Å². The summed E-state index contributed by atoms with van der Waals surface area (Å²) in [4.78, 5) is 7.82. The van der Waals surface area contributed by atoms with Crippen LogP contribution in [0.15, 0.2) is 82.8 Å². The van der Waals surface area contributed by atoms with Crippen LogP contribution in [0.2, 0.25) is 0 Å². The molecule has 4 aromatic carbocycles. The van der Waals surface area contributed by atoms with Gasteiger partial charge >= 0.3 is 0 Å². The van der Waals surface area contributed by atoms with Gasteiger partial charge in [-0.2, -0.15) is 0 Å². The number of hydrogen-bond acceptors (Lipinski definition) is 39. The number of rotatable bonds is 48. The highest BCUT2D eigenvalue weighted by molar-refractivity contribution is 5.76. The highest BCUT2D eigenvalue weighted by Gasteiger charge is 2.50. The maximum atomic E-state index is 10.4. The number of H-pyrrole nitrogens is 4. The summed E-state index contributed by atoms with van der Waals surface area (Å²) in [5.41, 5.74) is 35.5. The van der Waals surface area contributed by atoms with Gasteiger partial charge in [0.15, 0.2) is 11.9 Å². The van der Waals surface area contributed by atoms with Gasteiger partial charge in [0.2, 0.25) is 48.7 Å². The van der Waals surface area contributed by atoms with Gasteiger partial charge in [0.1, 0.15) is 127 Å². The number of aliphatic imine (C=N–C) groups is 2. The summed E-state index contributed by atoms with van der Waals surface area (Å²) in [5, 5.41) is 223. The van der Waals surface area contributed by atoms with E-state index in [4.69, 9.17) is 90.0 Å². The number of nitrogens with one attached hydrogen (secondary N) is 6. The molecule has 4 fully saturated rings. The SMILES string of the molecule is Cc1cc(OCCCN=C(N)N)ccc1Cc1c(O[C@@H]2O[C@H](CO)[C@@H](O)[C@H](O)[C@H]2O)n[nH]c1C(C)C.Cc1cc(OCCCNC(C)(C)CO)ccc1Cc1c(O[C@@H]2O[C@H](CO)[C@@H](O)[C@H](O)[C@H]2O)n[nH]c1C(C)C.Cc1cc(OCCCNC(CO)CO)ccc1Cc1c(O[C@@H]2O[C@H](CO)[C@@H](O)[C@H](O)[C@H]2O)n[nH]c1C(C)C.Cc1cc(OCCN=C(N)N)ccc1Cc1c(O[C@@H]2O[C@H](CO)[C@@H](O)[C@H](O)[C@H]2O)n[nH]c1C(C)C. The summed E-state index contributed by atoms with van der Waals surface area (Å²) in [7, 11) is 0. The quantitative estimate of drug-likeness (QED) is 0.0123. The van der Waals surface area contributed by atoms with E-state index in [9.17, 15) is 86.8 Å². The number of nitrogens with zero attached hydrogens (tertiary/aromatic N) is 6. The molecule has 0 bridgehead atoms. The Morgan fingerprint density at radius 2 is 0.619 bits per heavy atom. The largest absolute Gasteiger partial charge is 0.494 e. The molecule has 8 heterocycles. The van der Waals surface area contributed by atoms with Crippen molar-refractivity contribution in [1.29, 1.82) is 0 Å². The van der Waals surface area contributed by atoms with Crippen molar-refractivity contribution in [2.45, 2.75) is 300 Å². The molecule has 4 aliphatic heterocycles. The first-order valence-electron chi connectivity index (χ1n) is 49.4. The standard InChI is InChI=1S/C27H43N3O8.C26H41N3O9.C24H37N5O7.C23H35N5O7/c1-15(2)21-19(25(30-29-21)38-26-24(35)23(34)22(33)20(13-31)37-26)12-17-7-8-18(11-16(17)3)36-10-6-9-28-27(4,5)14-32;1-14(2)21-19(25(29-28-21)38-26-24(35)23(34)22(33)20(13-32)37-26)10-16-5-6-18(9-15(16)3)36-8-4-7-27-17(11-30)12-31;1-12(2)18-16(10-14-5-6-15(9-13(14)3)34-8-4-7-27-24(25)26)22(29-28-18)36-23-21(33)20(32)19(31)17(11-30)35-23;1-11(2)17-15(9-13-4-5-14(8-12(13)3)33-7-6-26-23(24)25)21(28-27-17)35-22-20(32)19(31)18(30)16(10-29)34-22/h7-8,11,15,20,22-24,26,28,31-35H,6,9-10,12-14H2,1-5H3,(H,29,30);5-6,9,14,17,20,22-24,26-27,30-35H,4,7-8,10-13H2,1-3H3,(H,28,29);5-6,9,12,17,19-21,23,30-33H,4,7-8,10-11H2,1-3H3,(H,28,29)(H4,25,26,27);4-5,8,11,16,18-20,22,29-32H,6-7,9-10H2,1-3H3,(H,27,28)(H4,24,25,26)/t2*20-,22-,23+,24-,26+;17-,19-,20+,21-,23+;16-,18-,19+,20-,22+/m1111/s1. The fourth-order valence-electron chi connectivity index (χ4n) is 16.4. The fraction of sp³-hybridized carbons (Fsp3) is 0.620. The summed E-state index contributed by atoms with van der Waals surface area (Å²) in [6.07, 6.45) is -23.7. The number of aromatic nitrogens is 8. The normalized spacial score (nSPS) is 24.1. The van der Waals surface area contributed by atoms with Gasteiger partial charge in [0.25, 0.3) is 0 Å². The van der Waals surface area contributed by atoms with Crippen molar-refractivity contribution in [2.24, 2.45) is 32.9 Å². The van der Waals surface area contributed by atoms with E-state index in [1.807, 2.05) is 170 Å². The first-order valence-corrected chi connectivity index (χ1v) is 49.4. The lowest BCUT2D eigenvalue weighted by Gasteiger charge is -2.39. The molecule has 822 valence electrons. The van der Waals surface area contributed by atoms with Gasteiger partial charge in [-0.1, -0.05) is 79.7 Å². The lowest BCUT2D eigenvalue weighted by molar-refractivity contribution is -0.278. The van der Waals surface area contributed by atoms with Gasteiger partial charge in [0, 0.05) is 89.2 Å². The lowest BCUT2D eigenvalue weighted by Crippen LogP contribution is -2.60. The Labute approximate surface area is 853 Å². The molecule has 4 aliphatic rings. The Morgan fingerprint density at radius 1 is 0.361 bits per heavy atom. The first-order chi connectivity index (χ1) is 69.9. The highest BCUT2D eigenvalue weighted by Crippen LogP contribution is 2.40. The fourth-order valence-corrected chi connectivity index (χ4v) is 16.4. The third-order valence-electron chi connectivity index (χ3n) is 25.4. The van der Waals surface area contributed by atoms with Crippen LogP contribution >= 0.6 is 0 Å². The van der Waals surface area contributed by atoms with Gasteiger partial charge in [-0.3, -0.25) is 30.4 Å². The van der Waals surface area contributed by atoms with Gasteiger partial charge in [-0.15, -0.1) is 20.4 Å². The molecule has 47 nitrogen and oxygen atoms in total. The van der Waals surface area contributed by atoms with Crippen LogP contribution in [0.4, 0.5) is 0 Å². The Kier molecular flexibility index (Phi) is 47.1. The summed E-state index contributed by atoms with van der Waals surface area (Å²) in [5.74, 6) is 4.23. The highest BCUT2D eigenvalue weighted by atomic mass is 16.7. The van der Waals surface area contributed by atoms with E-state index in [1.54, 1.807) is 0 Å². The summed E-state index contributed by atoms with van der Waals surface area (Å²) < 4.78 is 68.7. The van der Waals surface area contributed by atoms with Crippen molar-refractivity contribution in [3.8, 4) is 46.5 Å². The Hall–Kier alpha value is -10.3. The second-order valence-electron chi connectivity index (χ2n) is 38.7. The molecule has 0 saturated carbocycles. The second-order valence-corrected chi connectivity index (χ2v) is 38.7. The minimum Gasteiger partial charge on any atom is -0.494 e. The Morgan fingerprint density at radius 3 is 0.864 bits per heavy atom. The number of aromatic amines is 4. The molecule has 4 aromatic heterocycles. The number of benzene rings is 4. The van der Waals surface area contributed by atoms with E-state index in [0.717, 1.165) is 120 Å². The average molecular weight is 2080 g/mol. The molecule has 0 radical (unpaired) electrons. The average Bonchev–Trinajstić information content (AvgIpc) is 1.63. The number of aliphatic hydroxyl groups is 19. The van der Waals surface area contributed by atoms with Gasteiger partial charge in [-0.05, 0) is 184 Å². The number of aryl methyl sites for hydroxylation is 4. The molecule has 33 N–H and O–H groups in total. The van der Waals surface area contributed by atoms with Gasteiger partial charge in [-0.25, -0.2) is 0 Å². The maximum absolute atomic E-state index is 10.4. The van der Waals surface area contributed by atoms with Gasteiger partial charge in [0.05, 0.1) is 78.7 Å². The second kappa shape index (κ2) is 57.6. The molecule has 47 heteroatoms. The predicted molar refractivity (Wildman–Crippen MR) is 537 cm³/mol. The third kappa shape index (κ3) is 33.6. The van der Waals surface area contributed by atoms with Gasteiger partial charge < -0.3 is 187 Å². The molecule has 4 saturated heterocycles. The Bertz CT molecular complexity index is 5330. The predicted octanol–water partition coefficient (Wildman–Crippen LogP) is -1.02. The molecule has 0 amide bonds. The van der Waals surface area contributed by atoms with Crippen LogP contribution in [0, 0.1) is 27.7 Å². The number of guanidine groups is 2. The molecule has 8 aromatic rings. The van der Waals surface area contributed by atoms with E-state index in [1.165, 1.54) is 0 Å². The van der Waals surface area contributed by atoms with Crippen LogP contribution in [-0.2, 0) is 44.6 Å². The number of ether oxygens (including phenoxy) is 12. The van der Waals surface area contributed by atoms with Crippen molar-refractivity contribution in [2.75, 3.05) is 98.9 Å². The topological polar surface area (TPSA) is 763 Å². The van der Waals surface area contributed by atoms with E-state index in [2.05, 4.69) is 61.4 Å². The van der Waals surface area contributed by atoms with Crippen LogP contribution in [0.3, 0.4) is 0 Å². The molecular formula is C100H156N16O31. The number of hydrogen-bond donors (Lipinski definition) is 29. The summed E-state index contributed by atoms with van der Waals surface area (Å²) in [6.45, 7) is 29.6. The van der Waals surface area contributed by atoms with Crippen LogP contribution in [-0.4, -0.2) is 383 Å². The van der Waals surface area contributed by atoms with Crippen molar-refractivity contribution < 1.29 is 154 Å². The van der Waals surface area contributed by atoms with Crippen LogP contribution in [0.25, 0.3) is 0 Å². The van der Waals surface area contributed by atoms with Crippen LogP contribution in [0.1, 0.15) is 202 Å². The van der Waals surface area contributed by atoms with E-state index in [-0.39, 0.29) is 90.5 Å². The van der Waals surface area contributed by atoms with Crippen molar-refractivity contribution in [3.63, 3.8) is 0 Å². The molecule has 0 unspecified atom stereocenters. The van der Waals surface area contributed by atoms with E-state index < -0.39 is 149 Å². The summed E-state index contributed by atoms with van der Waals surface area (Å²) >= 11 is 0. The third-order valence-corrected chi connectivity index (χ3v) is 25.4.